The number of aromatic nitrogens is 2. The van der Waals surface area contributed by atoms with Crippen LogP contribution in [0.5, 0.6) is 5.75 Å². The predicted molar refractivity (Wildman–Crippen MR) is 120 cm³/mol. The third-order valence-corrected chi connectivity index (χ3v) is 5.16. The second kappa shape index (κ2) is 9.47. The minimum atomic E-state index is -0.372. The van der Waals surface area contributed by atoms with Gasteiger partial charge in [0.05, 0.1) is 12.3 Å². The molecule has 3 aromatic rings. The molecule has 1 aromatic heterocycles. The fraction of sp³-hybridized carbons (Fsp3) is 0.292. The summed E-state index contributed by atoms with van der Waals surface area (Å²) in [7, 11) is 1.85. The van der Waals surface area contributed by atoms with Gasteiger partial charge in [-0.2, -0.15) is 5.10 Å². The fourth-order valence-electron chi connectivity index (χ4n) is 3.76. The number of primary amides is 1. The van der Waals surface area contributed by atoms with E-state index in [-0.39, 0.29) is 17.7 Å². The number of nitrogens with two attached hydrogens (primary N) is 1. The van der Waals surface area contributed by atoms with Gasteiger partial charge in [0.25, 0.3) is 0 Å². The summed E-state index contributed by atoms with van der Waals surface area (Å²) in [6.45, 7) is 6.52. The molecule has 7 nitrogen and oxygen atoms in total. The van der Waals surface area contributed by atoms with Crippen molar-refractivity contribution >= 4 is 17.6 Å². The van der Waals surface area contributed by atoms with Gasteiger partial charge in [-0.05, 0) is 50.6 Å². The van der Waals surface area contributed by atoms with Crippen molar-refractivity contribution in [3.05, 3.63) is 76.5 Å². The Labute approximate surface area is 182 Å². The average molecular weight is 421 g/mol. The molecule has 1 aliphatic heterocycles. The van der Waals surface area contributed by atoms with Gasteiger partial charge in [0.15, 0.2) is 0 Å². The van der Waals surface area contributed by atoms with Gasteiger partial charge < -0.3 is 15.8 Å². The van der Waals surface area contributed by atoms with E-state index in [4.69, 9.17) is 10.5 Å². The van der Waals surface area contributed by atoms with Gasteiger partial charge in [-0.3, -0.25) is 14.3 Å². The SMILES string of the molecule is CCOc1ccc(C2CC(=O)Nc3c2c(C)nn3C)cc1.Cc1cccc(C(N)=O)c1. The topological polar surface area (TPSA) is 99.2 Å². The maximum atomic E-state index is 12.0. The first kappa shape index (κ1) is 22.1. The molecule has 0 spiro atoms. The maximum Gasteiger partial charge on any atom is 0.248 e. The molecule has 1 unspecified atom stereocenters. The summed E-state index contributed by atoms with van der Waals surface area (Å²) in [5, 5.41) is 7.34. The monoisotopic (exact) mass is 420 g/mol. The van der Waals surface area contributed by atoms with Crippen LogP contribution < -0.4 is 15.8 Å². The molecule has 2 amide bonds. The van der Waals surface area contributed by atoms with E-state index in [0.717, 1.165) is 34.0 Å². The van der Waals surface area contributed by atoms with Crippen molar-refractivity contribution in [2.45, 2.75) is 33.1 Å². The van der Waals surface area contributed by atoms with Crippen molar-refractivity contribution in [2.24, 2.45) is 12.8 Å². The number of ether oxygens (including phenoxy) is 1. The molecule has 0 radical (unpaired) electrons. The van der Waals surface area contributed by atoms with Gasteiger partial charge in [-0.1, -0.05) is 29.8 Å². The predicted octanol–water partition coefficient (Wildman–Crippen LogP) is 3.70. The van der Waals surface area contributed by atoms with Gasteiger partial charge in [-0.25, -0.2) is 0 Å². The molecule has 31 heavy (non-hydrogen) atoms. The molecule has 0 aliphatic carbocycles. The highest BCUT2D eigenvalue weighted by Crippen LogP contribution is 2.39. The second-order valence-electron chi connectivity index (χ2n) is 7.51. The molecular formula is C24H28N4O3. The lowest BCUT2D eigenvalue weighted by Gasteiger charge is -2.24. The van der Waals surface area contributed by atoms with Gasteiger partial charge in [0.2, 0.25) is 11.8 Å². The second-order valence-corrected chi connectivity index (χ2v) is 7.51. The summed E-state index contributed by atoms with van der Waals surface area (Å²) < 4.78 is 7.21. The Morgan fingerprint density at radius 2 is 1.94 bits per heavy atom. The number of rotatable bonds is 4. The number of amides is 2. The van der Waals surface area contributed by atoms with E-state index in [2.05, 4.69) is 10.4 Å². The van der Waals surface area contributed by atoms with Crippen LogP contribution in [0.4, 0.5) is 5.82 Å². The molecule has 2 aromatic carbocycles. The zero-order chi connectivity index (χ0) is 22.5. The van der Waals surface area contributed by atoms with Crippen molar-refractivity contribution in [3.63, 3.8) is 0 Å². The number of nitrogens with zero attached hydrogens (tertiary/aromatic N) is 2. The summed E-state index contributed by atoms with van der Waals surface area (Å²) in [6, 6.07) is 15.2. The Kier molecular flexibility index (Phi) is 6.74. The van der Waals surface area contributed by atoms with Crippen LogP contribution in [-0.4, -0.2) is 28.2 Å². The summed E-state index contributed by atoms with van der Waals surface area (Å²) in [5.41, 5.74) is 9.86. The average Bonchev–Trinajstić information content (AvgIpc) is 3.02. The molecule has 1 atom stereocenters. The standard InChI is InChI=1S/C16H19N3O2.C8H9NO/c1-4-21-12-7-5-11(6-8-12)13-9-14(20)17-16-15(13)10(2)18-19(16)3;1-6-3-2-4-7(5-6)8(9)10/h5-8,13H,4,9H2,1-3H3,(H,17,20);2-5H,1H3,(H2,9,10). The number of aryl methyl sites for hydroxylation is 3. The first-order chi connectivity index (χ1) is 14.8. The number of carbonyl (C=O) groups is 2. The Morgan fingerprint density at radius 1 is 1.23 bits per heavy atom. The maximum absolute atomic E-state index is 12.0. The third kappa shape index (κ3) is 5.12. The minimum absolute atomic E-state index is 0.0318. The fourth-order valence-corrected chi connectivity index (χ4v) is 3.76. The molecule has 0 bridgehead atoms. The van der Waals surface area contributed by atoms with E-state index in [1.54, 1.807) is 16.8 Å². The molecule has 0 saturated heterocycles. The van der Waals surface area contributed by atoms with Crippen molar-refractivity contribution in [2.75, 3.05) is 11.9 Å². The van der Waals surface area contributed by atoms with Crippen LogP contribution in [0.25, 0.3) is 0 Å². The summed E-state index contributed by atoms with van der Waals surface area (Å²) >= 11 is 0. The van der Waals surface area contributed by atoms with Gasteiger partial charge in [-0.15, -0.1) is 0 Å². The largest absolute Gasteiger partial charge is 0.494 e. The highest BCUT2D eigenvalue weighted by Gasteiger charge is 2.31. The normalized spacial score (nSPS) is 14.7. The summed E-state index contributed by atoms with van der Waals surface area (Å²) in [5.74, 6) is 1.37. The van der Waals surface area contributed by atoms with Crippen LogP contribution in [0.15, 0.2) is 48.5 Å². The zero-order valence-corrected chi connectivity index (χ0v) is 18.3. The van der Waals surface area contributed by atoms with E-state index >= 15 is 0 Å². The highest BCUT2D eigenvalue weighted by molar-refractivity contribution is 5.94. The number of carbonyl (C=O) groups excluding carboxylic acids is 2. The van der Waals surface area contributed by atoms with E-state index in [0.29, 0.717) is 18.6 Å². The van der Waals surface area contributed by atoms with Crippen LogP contribution in [0.1, 0.15) is 52.0 Å². The van der Waals surface area contributed by atoms with Crippen LogP contribution in [0, 0.1) is 13.8 Å². The molecule has 0 fully saturated rings. The third-order valence-electron chi connectivity index (χ3n) is 5.16. The molecule has 7 heteroatoms. The Morgan fingerprint density at radius 3 is 2.52 bits per heavy atom. The first-order valence-corrected chi connectivity index (χ1v) is 10.2. The first-order valence-electron chi connectivity index (χ1n) is 10.2. The van der Waals surface area contributed by atoms with E-state index in [1.807, 2.05) is 64.2 Å². The molecule has 0 saturated carbocycles. The van der Waals surface area contributed by atoms with Crippen LogP contribution >= 0.6 is 0 Å². The molecule has 4 rings (SSSR count). The molecular weight excluding hydrogens is 392 g/mol. The van der Waals surface area contributed by atoms with Gasteiger partial charge in [0.1, 0.15) is 11.6 Å². The van der Waals surface area contributed by atoms with Gasteiger partial charge in [0, 0.05) is 30.5 Å². The smallest absolute Gasteiger partial charge is 0.248 e. The summed E-state index contributed by atoms with van der Waals surface area (Å²) in [6.07, 6.45) is 0.452. The number of fused-ring (bicyclic) bond motifs is 1. The van der Waals surface area contributed by atoms with E-state index < -0.39 is 0 Å². The van der Waals surface area contributed by atoms with Crippen LogP contribution in [0.2, 0.25) is 0 Å². The van der Waals surface area contributed by atoms with Crippen LogP contribution in [0.3, 0.4) is 0 Å². The minimum Gasteiger partial charge on any atom is -0.494 e. The molecule has 162 valence electrons. The van der Waals surface area contributed by atoms with Crippen molar-refractivity contribution in [1.82, 2.24) is 9.78 Å². The molecule has 2 heterocycles. The van der Waals surface area contributed by atoms with Crippen molar-refractivity contribution < 1.29 is 14.3 Å². The highest BCUT2D eigenvalue weighted by atomic mass is 16.5. The van der Waals surface area contributed by atoms with E-state index in [9.17, 15) is 9.59 Å². The summed E-state index contributed by atoms with van der Waals surface area (Å²) in [4.78, 5) is 22.5. The zero-order valence-electron chi connectivity index (χ0n) is 18.3. The quantitative estimate of drug-likeness (QED) is 0.672. The number of nitrogens with one attached hydrogen (secondary N) is 1. The van der Waals surface area contributed by atoms with Gasteiger partial charge >= 0.3 is 0 Å². The Hall–Kier alpha value is -3.61. The number of hydrogen-bond donors (Lipinski definition) is 2. The molecule has 1 aliphatic rings. The number of benzene rings is 2. The lowest BCUT2D eigenvalue weighted by Crippen LogP contribution is -2.24. The Bertz CT molecular complexity index is 1090. The van der Waals surface area contributed by atoms with Crippen molar-refractivity contribution in [3.8, 4) is 5.75 Å². The lowest BCUT2D eigenvalue weighted by atomic mass is 9.86. The number of hydrogen-bond acceptors (Lipinski definition) is 4. The molecule has 3 N–H and O–H groups in total. The van der Waals surface area contributed by atoms with E-state index in [1.165, 1.54) is 0 Å². The van der Waals surface area contributed by atoms with Crippen LogP contribution in [-0.2, 0) is 11.8 Å². The van der Waals surface area contributed by atoms with Crippen molar-refractivity contribution in [1.29, 1.82) is 0 Å². The lowest BCUT2D eigenvalue weighted by molar-refractivity contribution is -0.116. The Balaban J connectivity index is 0.000000229. The number of anilines is 1.